The van der Waals surface area contributed by atoms with Gasteiger partial charge in [-0.1, -0.05) is 53.5 Å². The monoisotopic (exact) mass is 484 g/mol. The van der Waals surface area contributed by atoms with Crippen molar-refractivity contribution in [2.24, 2.45) is 5.92 Å². The van der Waals surface area contributed by atoms with Crippen LogP contribution >= 0.6 is 0 Å². The quantitative estimate of drug-likeness (QED) is 0.386. The maximum Gasteiger partial charge on any atom is 0.336 e. The smallest absolute Gasteiger partial charge is 0.336 e. The van der Waals surface area contributed by atoms with Crippen LogP contribution in [-0.2, 0) is 10.2 Å². The van der Waals surface area contributed by atoms with Crippen LogP contribution in [0.3, 0.4) is 0 Å². The summed E-state index contributed by atoms with van der Waals surface area (Å²) in [5.41, 5.74) is 2.87. The lowest BCUT2D eigenvalue weighted by Crippen LogP contribution is -2.21. The van der Waals surface area contributed by atoms with E-state index < -0.39 is 5.97 Å². The van der Waals surface area contributed by atoms with E-state index in [0.717, 1.165) is 30.4 Å². The summed E-state index contributed by atoms with van der Waals surface area (Å²) in [7, 11) is 3.11. The third-order valence-electron chi connectivity index (χ3n) is 6.15. The molecule has 0 saturated carbocycles. The molecule has 0 aliphatic rings. The van der Waals surface area contributed by atoms with Crippen LogP contribution < -0.4 is 14.8 Å². The van der Waals surface area contributed by atoms with Crippen LogP contribution in [0.2, 0.25) is 0 Å². The fraction of sp³-hybridized carbons (Fsp3) is 0.536. The van der Waals surface area contributed by atoms with Crippen molar-refractivity contribution in [1.82, 2.24) is 4.98 Å². The number of anilines is 1. The van der Waals surface area contributed by atoms with Crippen LogP contribution in [0.5, 0.6) is 11.8 Å². The van der Waals surface area contributed by atoms with E-state index in [0.29, 0.717) is 28.9 Å². The molecular formula is C28H40N2O5. The van der Waals surface area contributed by atoms with Crippen LogP contribution in [0.15, 0.2) is 24.3 Å². The largest absolute Gasteiger partial charge is 0.481 e. The number of aromatic nitrogens is 1. The summed E-state index contributed by atoms with van der Waals surface area (Å²) in [5, 5.41) is 12.6. The Balaban J connectivity index is 2.38. The number of hydrogen-bond donors (Lipinski definition) is 2. The van der Waals surface area contributed by atoms with Gasteiger partial charge in [0.2, 0.25) is 17.7 Å². The van der Waals surface area contributed by atoms with Crippen LogP contribution in [0.25, 0.3) is 0 Å². The minimum absolute atomic E-state index is 0.107. The summed E-state index contributed by atoms with van der Waals surface area (Å²) in [6.07, 6.45) is 3.04. The second-order valence-electron chi connectivity index (χ2n) is 10.5. The van der Waals surface area contributed by atoms with Gasteiger partial charge in [-0.25, -0.2) is 4.79 Å². The fourth-order valence-electron chi connectivity index (χ4n) is 4.25. The number of aryl methyl sites for hydroxylation is 1. The van der Waals surface area contributed by atoms with Crippen molar-refractivity contribution in [2.75, 3.05) is 19.5 Å². The molecule has 2 N–H and O–H groups in total. The predicted octanol–water partition coefficient (Wildman–Crippen LogP) is 6.34. The van der Waals surface area contributed by atoms with Crippen molar-refractivity contribution in [3.8, 4) is 11.8 Å². The van der Waals surface area contributed by atoms with Gasteiger partial charge in [-0.05, 0) is 53.9 Å². The molecule has 192 valence electrons. The Hall–Kier alpha value is -3.09. The van der Waals surface area contributed by atoms with Crippen molar-refractivity contribution in [3.63, 3.8) is 0 Å². The lowest BCUT2D eigenvalue weighted by atomic mass is 9.83. The Morgan fingerprint density at radius 3 is 2.31 bits per heavy atom. The summed E-state index contributed by atoms with van der Waals surface area (Å²) >= 11 is 0. The van der Waals surface area contributed by atoms with Crippen molar-refractivity contribution < 1.29 is 24.2 Å². The zero-order chi connectivity index (χ0) is 26.3. The Morgan fingerprint density at radius 1 is 1.09 bits per heavy atom. The van der Waals surface area contributed by atoms with E-state index in [2.05, 4.69) is 24.1 Å². The molecule has 1 unspecified atom stereocenters. The number of amides is 1. The molecule has 1 aromatic carbocycles. The van der Waals surface area contributed by atoms with E-state index in [4.69, 9.17) is 9.47 Å². The molecule has 1 amide bonds. The van der Waals surface area contributed by atoms with Gasteiger partial charge in [0.25, 0.3) is 0 Å². The van der Waals surface area contributed by atoms with Gasteiger partial charge in [-0.15, -0.1) is 0 Å². The summed E-state index contributed by atoms with van der Waals surface area (Å²) in [6.45, 7) is 12.3. The highest BCUT2D eigenvalue weighted by atomic mass is 16.5. The van der Waals surface area contributed by atoms with E-state index in [1.807, 2.05) is 32.9 Å². The zero-order valence-electron chi connectivity index (χ0n) is 22.3. The summed E-state index contributed by atoms with van der Waals surface area (Å²) < 4.78 is 10.8. The molecule has 7 heteroatoms. The fourth-order valence-corrected chi connectivity index (χ4v) is 4.25. The molecule has 0 aliphatic carbocycles. The Bertz CT molecular complexity index is 1040. The molecule has 0 radical (unpaired) electrons. The average molecular weight is 485 g/mol. The molecule has 0 spiro atoms. The highest BCUT2D eigenvalue weighted by molar-refractivity contribution is 5.96. The molecule has 1 heterocycles. The van der Waals surface area contributed by atoms with Crippen molar-refractivity contribution >= 4 is 17.6 Å². The number of aromatic carboxylic acids is 1. The molecule has 1 aromatic heterocycles. The first-order valence-corrected chi connectivity index (χ1v) is 12.1. The lowest BCUT2D eigenvalue weighted by Gasteiger charge is -2.25. The van der Waals surface area contributed by atoms with Gasteiger partial charge < -0.3 is 19.9 Å². The topological polar surface area (TPSA) is 97.8 Å². The number of pyridine rings is 1. The third-order valence-corrected chi connectivity index (χ3v) is 6.15. The first-order chi connectivity index (χ1) is 16.4. The number of rotatable bonds is 11. The molecular weight excluding hydrogens is 444 g/mol. The first-order valence-electron chi connectivity index (χ1n) is 12.1. The van der Waals surface area contributed by atoms with Gasteiger partial charge in [-0.2, -0.15) is 4.98 Å². The molecule has 2 aromatic rings. The van der Waals surface area contributed by atoms with E-state index in [9.17, 15) is 14.7 Å². The van der Waals surface area contributed by atoms with Crippen LogP contribution in [0.4, 0.5) is 5.69 Å². The second-order valence-corrected chi connectivity index (χ2v) is 10.5. The average Bonchev–Trinajstić information content (AvgIpc) is 2.77. The lowest BCUT2D eigenvalue weighted by molar-refractivity contribution is -0.116. The molecule has 7 nitrogen and oxygen atoms in total. The number of carbonyl (C=O) groups is 2. The number of hydrogen-bond acceptors (Lipinski definition) is 5. The molecule has 0 aliphatic heterocycles. The zero-order valence-corrected chi connectivity index (χ0v) is 22.3. The van der Waals surface area contributed by atoms with Gasteiger partial charge in [0.1, 0.15) is 0 Å². The summed E-state index contributed by atoms with van der Waals surface area (Å²) in [4.78, 5) is 29.5. The van der Waals surface area contributed by atoms with Crippen LogP contribution in [0.1, 0.15) is 93.3 Å². The molecule has 1 atom stereocenters. The minimum atomic E-state index is -1.01. The number of nitrogens with one attached hydrogen (secondary N) is 1. The molecule has 0 saturated heterocycles. The Kier molecular flexibility index (Phi) is 9.69. The number of nitrogens with zero attached hydrogens (tertiary/aromatic N) is 1. The van der Waals surface area contributed by atoms with Gasteiger partial charge >= 0.3 is 5.97 Å². The number of ether oxygens (including phenoxy) is 2. The standard InChI is InChI=1S/C28H40N2O5/c1-17(2)10-9-11-19(20-12-13-25(34-7)30-26(20)35-8)15-24(31)29-23-16-21(27(32)33)18(3)14-22(23)28(4,5)6/h12-14,16-17,19H,9-11,15H2,1-8H3,(H,29,31)(H,32,33). The maximum atomic E-state index is 13.3. The van der Waals surface area contributed by atoms with E-state index in [-0.39, 0.29) is 29.2 Å². The second kappa shape index (κ2) is 12.0. The van der Waals surface area contributed by atoms with Gasteiger partial charge in [0, 0.05) is 23.7 Å². The maximum absolute atomic E-state index is 13.3. The molecule has 2 rings (SSSR count). The highest BCUT2D eigenvalue weighted by Gasteiger charge is 2.25. The van der Waals surface area contributed by atoms with E-state index in [1.165, 1.54) is 0 Å². The minimum Gasteiger partial charge on any atom is -0.481 e. The van der Waals surface area contributed by atoms with Gasteiger partial charge in [-0.3, -0.25) is 4.79 Å². The number of carbonyl (C=O) groups excluding carboxylic acids is 1. The van der Waals surface area contributed by atoms with Crippen molar-refractivity contribution in [3.05, 3.63) is 46.5 Å². The summed E-state index contributed by atoms with van der Waals surface area (Å²) in [5.74, 6) is 0.167. The number of carboxylic acids is 1. The van der Waals surface area contributed by atoms with Crippen LogP contribution in [-0.4, -0.2) is 36.2 Å². The van der Waals surface area contributed by atoms with Crippen molar-refractivity contribution in [2.45, 2.75) is 78.6 Å². The SMILES string of the molecule is COc1ccc(C(CCCC(C)C)CC(=O)Nc2cc(C(=O)O)c(C)cc2C(C)(C)C)c(OC)n1. The Labute approximate surface area is 209 Å². The first kappa shape index (κ1) is 28.1. The molecule has 0 bridgehead atoms. The predicted molar refractivity (Wildman–Crippen MR) is 139 cm³/mol. The highest BCUT2D eigenvalue weighted by Crippen LogP contribution is 2.36. The summed E-state index contributed by atoms with van der Waals surface area (Å²) in [6, 6.07) is 7.12. The normalized spacial score (nSPS) is 12.4. The van der Waals surface area contributed by atoms with Crippen molar-refractivity contribution in [1.29, 1.82) is 0 Å². The molecule has 0 fully saturated rings. The van der Waals surface area contributed by atoms with Crippen LogP contribution in [0, 0.1) is 12.8 Å². The van der Waals surface area contributed by atoms with E-state index in [1.54, 1.807) is 33.3 Å². The molecule has 35 heavy (non-hydrogen) atoms. The third kappa shape index (κ3) is 7.70. The number of benzene rings is 1. The number of methoxy groups -OCH3 is 2. The van der Waals surface area contributed by atoms with Gasteiger partial charge in [0.15, 0.2) is 0 Å². The van der Waals surface area contributed by atoms with Gasteiger partial charge in [0.05, 0.1) is 19.8 Å². The number of carboxylic acid groups (broad SMARTS) is 1. The Morgan fingerprint density at radius 2 is 1.77 bits per heavy atom. The van der Waals surface area contributed by atoms with E-state index >= 15 is 0 Å².